The number of hydrogen-bond donors (Lipinski definition) is 2. The molecule has 2 aromatic rings. The molecule has 1 atom stereocenters. The monoisotopic (exact) mass is 340 g/mol. The van der Waals surface area contributed by atoms with Gasteiger partial charge in [-0.3, -0.25) is 10.00 Å². The minimum Gasteiger partial charge on any atom is -0.298 e. The minimum atomic E-state index is -3.19. The second-order valence-corrected chi connectivity index (χ2v) is 8.43. The normalized spacial score (nSPS) is 19.8. The molecule has 8 heteroatoms. The van der Waals surface area contributed by atoms with E-state index in [-0.39, 0.29) is 5.25 Å². The molecule has 1 saturated heterocycles. The van der Waals surface area contributed by atoms with Gasteiger partial charge >= 0.3 is 0 Å². The van der Waals surface area contributed by atoms with Gasteiger partial charge in [-0.1, -0.05) is 13.0 Å². The van der Waals surface area contributed by atoms with Crippen LogP contribution < -0.4 is 4.72 Å². The number of thiophene rings is 1. The molecule has 1 unspecified atom stereocenters. The lowest BCUT2D eigenvalue weighted by atomic mass is 10.2. The van der Waals surface area contributed by atoms with Crippen LogP contribution in [-0.2, 0) is 16.6 Å². The standard InChI is InChI=1S/C14H20N4O2S2/c1-2-16-22(19,20)12-5-6-18(10-12)9-11-8-15-17-14(11)13-4-3-7-21-13/h3-4,7-8,12,16H,2,5-6,9-10H2,1H3,(H,15,17). The van der Waals surface area contributed by atoms with Gasteiger partial charge in [0.2, 0.25) is 10.0 Å². The van der Waals surface area contributed by atoms with E-state index in [1.54, 1.807) is 11.3 Å². The largest absolute Gasteiger partial charge is 0.298 e. The third-order valence-corrected chi connectivity index (χ3v) is 6.73. The first-order chi connectivity index (χ1) is 10.6. The average molecular weight is 340 g/mol. The molecule has 120 valence electrons. The first kappa shape index (κ1) is 15.7. The van der Waals surface area contributed by atoms with Crippen molar-refractivity contribution in [3.05, 3.63) is 29.3 Å². The fourth-order valence-electron chi connectivity index (χ4n) is 2.82. The highest BCUT2D eigenvalue weighted by atomic mass is 32.2. The molecular weight excluding hydrogens is 320 g/mol. The molecule has 0 bridgehead atoms. The Kier molecular flexibility index (Phi) is 4.62. The topological polar surface area (TPSA) is 78.1 Å². The summed E-state index contributed by atoms with van der Waals surface area (Å²) in [4.78, 5) is 3.34. The molecule has 0 radical (unpaired) electrons. The van der Waals surface area contributed by atoms with Gasteiger partial charge in [-0.2, -0.15) is 5.10 Å². The number of aromatic amines is 1. The van der Waals surface area contributed by atoms with E-state index >= 15 is 0 Å². The van der Waals surface area contributed by atoms with Gasteiger partial charge in [-0.15, -0.1) is 11.3 Å². The van der Waals surface area contributed by atoms with Crippen LogP contribution in [0.4, 0.5) is 0 Å². The van der Waals surface area contributed by atoms with E-state index in [0.717, 1.165) is 29.2 Å². The Labute approximate surface area is 134 Å². The fraction of sp³-hybridized carbons (Fsp3) is 0.500. The highest BCUT2D eigenvalue weighted by Gasteiger charge is 2.32. The highest BCUT2D eigenvalue weighted by Crippen LogP contribution is 2.28. The van der Waals surface area contributed by atoms with E-state index in [2.05, 4.69) is 25.9 Å². The number of likely N-dealkylation sites (tertiary alicyclic amines) is 1. The van der Waals surface area contributed by atoms with E-state index in [1.807, 2.05) is 24.6 Å². The van der Waals surface area contributed by atoms with Crippen LogP contribution in [0.1, 0.15) is 18.9 Å². The lowest BCUT2D eigenvalue weighted by molar-refractivity contribution is 0.331. The van der Waals surface area contributed by atoms with E-state index in [0.29, 0.717) is 19.5 Å². The van der Waals surface area contributed by atoms with E-state index in [9.17, 15) is 8.42 Å². The van der Waals surface area contributed by atoms with Crippen LogP contribution in [0.15, 0.2) is 23.7 Å². The molecule has 1 fully saturated rings. The summed E-state index contributed by atoms with van der Waals surface area (Å²) in [5.74, 6) is 0. The Morgan fingerprint density at radius 1 is 1.55 bits per heavy atom. The summed E-state index contributed by atoms with van der Waals surface area (Å²) in [5, 5.41) is 8.91. The third-order valence-electron chi connectivity index (χ3n) is 3.89. The van der Waals surface area contributed by atoms with Crippen LogP contribution in [0.2, 0.25) is 0 Å². The molecule has 2 N–H and O–H groups in total. The predicted molar refractivity (Wildman–Crippen MR) is 88.2 cm³/mol. The summed E-state index contributed by atoms with van der Waals surface area (Å²) < 4.78 is 26.8. The van der Waals surface area contributed by atoms with Crippen molar-refractivity contribution in [3.63, 3.8) is 0 Å². The Morgan fingerprint density at radius 2 is 2.41 bits per heavy atom. The summed E-state index contributed by atoms with van der Waals surface area (Å²) in [6.07, 6.45) is 2.52. The maximum atomic E-state index is 12.1. The summed E-state index contributed by atoms with van der Waals surface area (Å²) in [5.41, 5.74) is 2.15. The maximum Gasteiger partial charge on any atom is 0.215 e. The Bertz CT molecular complexity index is 709. The Balaban J connectivity index is 1.68. The van der Waals surface area contributed by atoms with Gasteiger partial charge in [0.15, 0.2) is 0 Å². The van der Waals surface area contributed by atoms with Crippen molar-refractivity contribution >= 4 is 21.4 Å². The van der Waals surface area contributed by atoms with Gasteiger partial charge in [0.1, 0.15) is 0 Å². The van der Waals surface area contributed by atoms with Crippen LogP contribution >= 0.6 is 11.3 Å². The molecule has 22 heavy (non-hydrogen) atoms. The molecule has 0 aromatic carbocycles. The number of aromatic nitrogens is 2. The maximum absolute atomic E-state index is 12.1. The summed E-state index contributed by atoms with van der Waals surface area (Å²) in [6.45, 7) is 4.35. The second kappa shape index (κ2) is 6.49. The lowest BCUT2D eigenvalue weighted by Crippen LogP contribution is -2.36. The van der Waals surface area contributed by atoms with Crippen molar-refractivity contribution in [1.29, 1.82) is 0 Å². The van der Waals surface area contributed by atoms with Crippen LogP contribution in [0, 0.1) is 0 Å². The molecule has 1 aliphatic heterocycles. The quantitative estimate of drug-likeness (QED) is 0.838. The molecular formula is C14H20N4O2S2. The SMILES string of the molecule is CCNS(=O)(=O)C1CCN(Cc2cn[nH]c2-c2cccs2)C1. The molecule has 0 saturated carbocycles. The molecule has 0 aliphatic carbocycles. The number of hydrogen-bond acceptors (Lipinski definition) is 5. The summed E-state index contributed by atoms with van der Waals surface area (Å²) >= 11 is 1.67. The molecule has 2 aromatic heterocycles. The van der Waals surface area contributed by atoms with Crippen molar-refractivity contribution in [2.24, 2.45) is 0 Å². The Morgan fingerprint density at radius 3 is 3.14 bits per heavy atom. The molecule has 0 spiro atoms. The molecule has 3 heterocycles. The predicted octanol–water partition coefficient (Wildman–Crippen LogP) is 1.65. The van der Waals surface area contributed by atoms with Gasteiger partial charge in [0, 0.05) is 25.2 Å². The van der Waals surface area contributed by atoms with Gasteiger partial charge in [0.25, 0.3) is 0 Å². The zero-order valence-electron chi connectivity index (χ0n) is 12.4. The van der Waals surface area contributed by atoms with E-state index in [1.165, 1.54) is 0 Å². The first-order valence-corrected chi connectivity index (χ1v) is 9.79. The molecule has 3 rings (SSSR count). The van der Waals surface area contributed by atoms with Crippen LogP contribution in [0.25, 0.3) is 10.6 Å². The number of sulfonamides is 1. The van der Waals surface area contributed by atoms with Crippen molar-refractivity contribution in [3.8, 4) is 10.6 Å². The van der Waals surface area contributed by atoms with Gasteiger partial charge in [0.05, 0.1) is 22.0 Å². The Hall–Kier alpha value is -1.22. The number of nitrogens with one attached hydrogen (secondary N) is 2. The van der Waals surface area contributed by atoms with Gasteiger partial charge in [-0.25, -0.2) is 13.1 Å². The van der Waals surface area contributed by atoms with Gasteiger partial charge < -0.3 is 0 Å². The number of nitrogens with zero attached hydrogens (tertiary/aromatic N) is 2. The van der Waals surface area contributed by atoms with E-state index < -0.39 is 10.0 Å². The molecule has 1 aliphatic rings. The van der Waals surface area contributed by atoms with E-state index in [4.69, 9.17) is 0 Å². The smallest absolute Gasteiger partial charge is 0.215 e. The number of H-pyrrole nitrogens is 1. The third kappa shape index (κ3) is 3.24. The lowest BCUT2D eigenvalue weighted by Gasteiger charge is -2.16. The highest BCUT2D eigenvalue weighted by molar-refractivity contribution is 7.90. The molecule has 6 nitrogen and oxygen atoms in total. The van der Waals surface area contributed by atoms with Gasteiger partial charge in [-0.05, 0) is 24.4 Å². The van der Waals surface area contributed by atoms with Crippen LogP contribution in [0.3, 0.4) is 0 Å². The molecule has 0 amide bonds. The van der Waals surface area contributed by atoms with Crippen LogP contribution in [-0.4, -0.2) is 48.4 Å². The van der Waals surface area contributed by atoms with Crippen LogP contribution in [0.5, 0.6) is 0 Å². The zero-order chi connectivity index (χ0) is 15.6. The van der Waals surface area contributed by atoms with Crippen molar-refractivity contribution in [1.82, 2.24) is 19.8 Å². The summed E-state index contributed by atoms with van der Waals surface area (Å²) in [6, 6.07) is 4.07. The first-order valence-electron chi connectivity index (χ1n) is 7.37. The second-order valence-electron chi connectivity index (χ2n) is 5.44. The van der Waals surface area contributed by atoms with Crippen molar-refractivity contribution in [2.75, 3.05) is 19.6 Å². The van der Waals surface area contributed by atoms with Crippen molar-refractivity contribution < 1.29 is 8.42 Å². The zero-order valence-corrected chi connectivity index (χ0v) is 14.1. The summed E-state index contributed by atoms with van der Waals surface area (Å²) in [7, 11) is -3.19. The minimum absolute atomic E-state index is 0.315. The number of rotatable bonds is 6. The fourth-order valence-corrected chi connectivity index (χ4v) is 5.04. The average Bonchev–Trinajstić information content (AvgIpc) is 3.19. The van der Waals surface area contributed by atoms with Crippen molar-refractivity contribution in [2.45, 2.75) is 25.1 Å².